The highest BCUT2D eigenvalue weighted by Crippen LogP contribution is 2.33. The van der Waals surface area contributed by atoms with Crippen molar-refractivity contribution in [3.8, 4) is 11.8 Å². The van der Waals surface area contributed by atoms with Crippen molar-refractivity contribution in [2.45, 2.75) is 12.6 Å². The zero-order valence-electron chi connectivity index (χ0n) is 10.7. The number of thiophene rings is 1. The number of nitriles is 1. The number of fused-ring (bicyclic) bond motifs is 1. The predicted molar refractivity (Wildman–Crippen MR) is 75.2 cm³/mol. The summed E-state index contributed by atoms with van der Waals surface area (Å²) >= 11 is 1.78. The summed E-state index contributed by atoms with van der Waals surface area (Å²) in [6, 6.07) is 11.6. The van der Waals surface area contributed by atoms with Crippen molar-refractivity contribution in [2.75, 3.05) is 13.6 Å². The lowest BCUT2D eigenvalue weighted by Crippen LogP contribution is -2.31. The minimum absolute atomic E-state index is 0.0499. The second-order valence-corrected chi connectivity index (χ2v) is 5.74. The minimum atomic E-state index is 0.0499. The molecule has 1 aromatic carbocycles. The van der Waals surface area contributed by atoms with Crippen molar-refractivity contribution >= 4 is 11.3 Å². The van der Waals surface area contributed by atoms with E-state index in [-0.39, 0.29) is 6.10 Å². The first-order valence-corrected chi connectivity index (χ1v) is 7.06. The van der Waals surface area contributed by atoms with E-state index >= 15 is 0 Å². The van der Waals surface area contributed by atoms with Crippen LogP contribution < -0.4 is 4.74 Å². The number of benzene rings is 1. The summed E-state index contributed by atoms with van der Waals surface area (Å²) in [4.78, 5) is 3.63. The molecule has 2 heterocycles. The van der Waals surface area contributed by atoms with Gasteiger partial charge in [0.25, 0.3) is 0 Å². The highest BCUT2D eigenvalue weighted by atomic mass is 32.1. The van der Waals surface area contributed by atoms with Crippen molar-refractivity contribution in [1.29, 1.82) is 5.26 Å². The van der Waals surface area contributed by atoms with Crippen LogP contribution in [0.15, 0.2) is 35.7 Å². The summed E-state index contributed by atoms with van der Waals surface area (Å²) in [5.74, 6) is 0.761. The Morgan fingerprint density at radius 3 is 3.16 bits per heavy atom. The number of likely N-dealkylation sites (N-methyl/N-ethyl adjacent to an activating group) is 1. The molecule has 3 nitrogen and oxygen atoms in total. The second kappa shape index (κ2) is 5.04. The van der Waals surface area contributed by atoms with E-state index in [4.69, 9.17) is 10.00 Å². The molecule has 96 valence electrons. The van der Waals surface area contributed by atoms with Gasteiger partial charge in [-0.1, -0.05) is 6.07 Å². The van der Waals surface area contributed by atoms with Crippen LogP contribution in [0.1, 0.15) is 22.1 Å². The molecule has 0 aliphatic carbocycles. The molecule has 0 fully saturated rings. The van der Waals surface area contributed by atoms with Gasteiger partial charge in [-0.05, 0) is 36.7 Å². The first-order chi connectivity index (χ1) is 9.26. The van der Waals surface area contributed by atoms with Crippen molar-refractivity contribution in [3.63, 3.8) is 0 Å². The van der Waals surface area contributed by atoms with Gasteiger partial charge in [0.1, 0.15) is 11.9 Å². The van der Waals surface area contributed by atoms with Gasteiger partial charge in [-0.3, -0.25) is 4.90 Å². The van der Waals surface area contributed by atoms with E-state index in [1.807, 2.05) is 12.1 Å². The molecule has 0 amide bonds. The molecule has 1 aliphatic rings. The SMILES string of the molecule is CN1Cc2sccc2C(Oc2cccc(C#N)c2)C1. The molecule has 0 N–H and O–H groups in total. The predicted octanol–water partition coefficient (Wildman–Crippen LogP) is 3.19. The van der Waals surface area contributed by atoms with Crippen LogP contribution in [-0.2, 0) is 6.54 Å². The molecule has 0 saturated carbocycles. The quantitative estimate of drug-likeness (QED) is 0.841. The molecule has 1 atom stereocenters. The second-order valence-electron chi connectivity index (χ2n) is 4.74. The summed E-state index contributed by atoms with van der Waals surface area (Å²) < 4.78 is 6.07. The van der Waals surface area contributed by atoms with Crippen LogP contribution in [0.5, 0.6) is 5.75 Å². The Bertz CT molecular complexity index is 629. The molecule has 0 saturated heterocycles. The maximum atomic E-state index is 8.92. The number of nitrogens with zero attached hydrogens (tertiary/aromatic N) is 2. The van der Waals surface area contributed by atoms with Crippen molar-refractivity contribution in [1.82, 2.24) is 4.90 Å². The molecular formula is C15H14N2OS. The summed E-state index contributed by atoms with van der Waals surface area (Å²) in [7, 11) is 2.10. The molecule has 1 aromatic heterocycles. The van der Waals surface area contributed by atoms with Crippen LogP contribution in [-0.4, -0.2) is 18.5 Å². The number of hydrogen-bond donors (Lipinski definition) is 0. The van der Waals surface area contributed by atoms with Gasteiger partial charge >= 0.3 is 0 Å². The van der Waals surface area contributed by atoms with Gasteiger partial charge in [-0.2, -0.15) is 5.26 Å². The first-order valence-electron chi connectivity index (χ1n) is 6.18. The summed E-state index contributed by atoms with van der Waals surface area (Å²) in [5, 5.41) is 11.0. The van der Waals surface area contributed by atoms with Gasteiger partial charge in [0.15, 0.2) is 0 Å². The molecule has 2 aromatic rings. The van der Waals surface area contributed by atoms with E-state index in [1.165, 1.54) is 10.4 Å². The topological polar surface area (TPSA) is 36.3 Å². The van der Waals surface area contributed by atoms with Crippen LogP contribution in [0.3, 0.4) is 0 Å². The highest BCUT2D eigenvalue weighted by molar-refractivity contribution is 7.10. The van der Waals surface area contributed by atoms with E-state index in [2.05, 4.69) is 29.5 Å². The van der Waals surface area contributed by atoms with Gasteiger partial charge in [-0.25, -0.2) is 0 Å². The molecule has 1 unspecified atom stereocenters. The van der Waals surface area contributed by atoms with Crippen LogP contribution in [0.25, 0.3) is 0 Å². The molecule has 4 heteroatoms. The smallest absolute Gasteiger partial charge is 0.137 e. The zero-order valence-corrected chi connectivity index (χ0v) is 11.5. The minimum Gasteiger partial charge on any atom is -0.484 e. The lowest BCUT2D eigenvalue weighted by molar-refractivity contribution is 0.131. The maximum absolute atomic E-state index is 8.92. The lowest BCUT2D eigenvalue weighted by Gasteiger charge is -2.30. The van der Waals surface area contributed by atoms with Gasteiger partial charge in [0.2, 0.25) is 0 Å². The van der Waals surface area contributed by atoms with Crippen molar-refractivity contribution in [3.05, 3.63) is 51.7 Å². The van der Waals surface area contributed by atoms with Crippen LogP contribution in [0.4, 0.5) is 0 Å². The Hall–Kier alpha value is -1.83. The third kappa shape index (κ3) is 2.48. The van der Waals surface area contributed by atoms with E-state index in [0.717, 1.165) is 18.8 Å². The fraction of sp³-hybridized carbons (Fsp3) is 0.267. The summed E-state index contributed by atoms with van der Waals surface area (Å²) in [5.41, 5.74) is 1.91. The maximum Gasteiger partial charge on any atom is 0.137 e. The van der Waals surface area contributed by atoms with Crippen LogP contribution >= 0.6 is 11.3 Å². The molecule has 0 spiro atoms. The normalized spacial score (nSPS) is 18.6. The highest BCUT2D eigenvalue weighted by Gasteiger charge is 2.25. The fourth-order valence-corrected chi connectivity index (χ4v) is 3.37. The van der Waals surface area contributed by atoms with Gasteiger partial charge in [0, 0.05) is 23.5 Å². The Morgan fingerprint density at radius 1 is 1.42 bits per heavy atom. The van der Waals surface area contributed by atoms with Gasteiger partial charge in [0.05, 0.1) is 11.6 Å². The molecular weight excluding hydrogens is 256 g/mol. The Morgan fingerprint density at radius 2 is 2.32 bits per heavy atom. The summed E-state index contributed by atoms with van der Waals surface area (Å²) in [6.45, 7) is 1.87. The van der Waals surface area contributed by atoms with E-state index < -0.39 is 0 Å². The van der Waals surface area contributed by atoms with E-state index in [9.17, 15) is 0 Å². The molecule has 0 bridgehead atoms. The largest absolute Gasteiger partial charge is 0.484 e. The Kier molecular flexibility index (Phi) is 3.24. The fourth-order valence-electron chi connectivity index (χ4n) is 2.36. The Labute approximate surface area is 116 Å². The van der Waals surface area contributed by atoms with Crippen molar-refractivity contribution in [2.24, 2.45) is 0 Å². The molecule has 3 rings (SSSR count). The number of ether oxygens (including phenoxy) is 1. The third-order valence-corrected chi connectivity index (χ3v) is 4.18. The zero-order chi connectivity index (χ0) is 13.2. The van der Waals surface area contributed by atoms with E-state index in [1.54, 1.807) is 23.5 Å². The van der Waals surface area contributed by atoms with E-state index in [0.29, 0.717) is 5.56 Å². The molecule has 19 heavy (non-hydrogen) atoms. The standard InChI is InChI=1S/C15H14N2OS/c1-17-9-14(13-5-6-19-15(13)10-17)18-12-4-2-3-11(7-12)8-16/h2-7,14H,9-10H2,1H3. The van der Waals surface area contributed by atoms with Crippen molar-refractivity contribution < 1.29 is 4.74 Å². The average Bonchev–Trinajstić information content (AvgIpc) is 2.87. The third-order valence-electron chi connectivity index (χ3n) is 3.26. The van der Waals surface area contributed by atoms with Crippen LogP contribution in [0, 0.1) is 11.3 Å². The number of hydrogen-bond acceptors (Lipinski definition) is 4. The first kappa shape index (κ1) is 12.2. The molecule has 1 aliphatic heterocycles. The lowest BCUT2D eigenvalue weighted by atomic mass is 10.1. The van der Waals surface area contributed by atoms with Crippen LogP contribution in [0.2, 0.25) is 0 Å². The monoisotopic (exact) mass is 270 g/mol. The molecule has 0 radical (unpaired) electrons. The number of rotatable bonds is 2. The average molecular weight is 270 g/mol. The Balaban J connectivity index is 1.86. The summed E-state index contributed by atoms with van der Waals surface area (Å²) in [6.07, 6.45) is 0.0499. The van der Waals surface area contributed by atoms with Gasteiger partial charge < -0.3 is 4.74 Å². The van der Waals surface area contributed by atoms with Gasteiger partial charge in [-0.15, -0.1) is 11.3 Å².